The van der Waals surface area contributed by atoms with Gasteiger partial charge in [0, 0.05) is 6.54 Å². The molecule has 0 aromatic rings. The maximum Gasteiger partial charge on any atom is 0.237 e. The fourth-order valence-electron chi connectivity index (χ4n) is 5.81. The number of rotatable bonds is 3. The second-order valence-electron chi connectivity index (χ2n) is 7.78. The molecule has 4 bridgehead atoms. The van der Waals surface area contributed by atoms with E-state index in [0.29, 0.717) is 5.41 Å². The smallest absolute Gasteiger partial charge is 0.237 e. The molecule has 0 unspecified atom stereocenters. The van der Waals surface area contributed by atoms with Crippen molar-refractivity contribution in [2.24, 2.45) is 23.2 Å². The van der Waals surface area contributed by atoms with Gasteiger partial charge in [0.15, 0.2) is 0 Å². The van der Waals surface area contributed by atoms with Crippen molar-refractivity contribution in [3.05, 3.63) is 0 Å². The number of hydrogen-bond donors (Lipinski definition) is 2. The molecule has 106 valence electrons. The molecule has 0 radical (unpaired) electrons. The van der Waals surface area contributed by atoms with Gasteiger partial charge in [0.25, 0.3) is 0 Å². The summed E-state index contributed by atoms with van der Waals surface area (Å²) >= 11 is 0. The summed E-state index contributed by atoms with van der Waals surface area (Å²) < 4.78 is 0. The van der Waals surface area contributed by atoms with Gasteiger partial charge in [0.1, 0.15) is 0 Å². The molecule has 3 nitrogen and oxygen atoms in total. The normalized spacial score (nSPS) is 47.6. The van der Waals surface area contributed by atoms with E-state index in [4.69, 9.17) is 0 Å². The van der Waals surface area contributed by atoms with Gasteiger partial charge < -0.3 is 10.6 Å². The van der Waals surface area contributed by atoms with Crippen molar-refractivity contribution in [1.82, 2.24) is 10.6 Å². The summed E-state index contributed by atoms with van der Waals surface area (Å²) in [7, 11) is 0. The van der Waals surface area contributed by atoms with Gasteiger partial charge in [-0.25, -0.2) is 0 Å². The van der Waals surface area contributed by atoms with Crippen LogP contribution in [0.2, 0.25) is 0 Å². The van der Waals surface area contributed by atoms with Gasteiger partial charge in [-0.15, -0.1) is 0 Å². The highest BCUT2D eigenvalue weighted by Gasteiger charge is 2.50. The van der Waals surface area contributed by atoms with Crippen LogP contribution in [0.15, 0.2) is 0 Å². The topological polar surface area (TPSA) is 41.1 Å². The van der Waals surface area contributed by atoms with E-state index in [0.717, 1.165) is 43.7 Å². The molecule has 5 aliphatic rings. The predicted molar refractivity (Wildman–Crippen MR) is 74.6 cm³/mol. The van der Waals surface area contributed by atoms with Crippen LogP contribution in [0.3, 0.4) is 0 Å². The number of nitrogens with one attached hydrogen (secondary N) is 2. The molecule has 2 N–H and O–H groups in total. The van der Waals surface area contributed by atoms with E-state index < -0.39 is 0 Å². The molecule has 1 amide bonds. The molecular formula is C16H26N2O. The van der Waals surface area contributed by atoms with Crippen molar-refractivity contribution in [2.75, 3.05) is 13.1 Å². The number of hydrogen-bond acceptors (Lipinski definition) is 2. The van der Waals surface area contributed by atoms with Crippen molar-refractivity contribution in [2.45, 2.75) is 57.4 Å². The lowest BCUT2D eigenvalue weighted by atomic mass is 9.49. The zero-order valence-corrected chi connectivity index (χ0v) is 11.8. The van der Waals surface area contributed by atoms with Gasteiger partial charge in [-0.1, -0.05) is 0 Å². The summed E-state index contributed by atoms with van der Waals surface area (Å²) in [4.78, 5) is 12.2. The summed E-state index contributed by atoms with van der Waals surface area (Å²) in [5, 5.41) is 6.58. The highest BCUT2D eigenvalue weighted by molar-refractivity contribution is 5.82. The summed E-state index contributed by atoms with van der Waals surface area (Å²) in [5.41, 5.74) is 0.475. The Kier molecular flexibility index (Phi) is 2.87. The minimum absolute atomic E-state index is 0.0916. The van der Waals surface area contributed by atoms with E-state index in [9.17, 15) is 4.79 Å². The van der Waals surface area contributed by atoms with Gasteiger partial charge in [0.2, 0.25) is 5.91 Å². The van der Waals surface area contributed by atoms with Crippen molar-refractivity contribution in [1.29, 1.82) is 0 Å². The van der Waals surface area contributed by atoms with Crippen molar-refractivity contribution < 1.29 is 4.79 Å². The van der Waals surface area contributed by atoms with E-state index >= 15 is 0 Å². The third-order valence-electron chi connectivity index (χ3n) is 6.18. The fraction of sp³-hybridized carbons (Fsp3) is 0.938. The average molecular weight is 262 g/mol. The fourth-order valence-corrected chi connectivity index (χ4v) is 5.81. The zero-order chi connectivity index (χ0) is 12.9. The third-order valence-corrected chi connectivity index (χ3v) is 6.18. The van der Waals surface area contributed by atoms with E-state index in [1.807, 2.05) is 0 Å². The summed E-state index contributed by atoms with van der Waals surface area (Å²) in [6.07, 6.45) is 10.8. The molecule has 1 saturated heterocycles. The lowest BCUT2D eigenvalue weighted by Gasteiger charge is -2.57. The van der Waals surface area contributed by atoms with Gasteiger partial charge in [-0.05, 0) is 81.1 Å². The minimum atomic E-state index is 0.0916. The SMILES string of the molecule is O=C(NCC12CC3CC(CC(C3)C1)C2)[C@@H]1CCCN1. The molecule has 0 spiro atoms. The molecule has 3 heteroatoms. The van der Waals surface area contributed by atoms with Crippen LogP contribution in [0, 0.1) is 23.2 Å². The summed E-state index contributed by atoms with van der Waals surface area (Å²) in [5.74, 6) is 3.20. The van der Waals surface area contributed by atoms with Gasteiger partial charge in [-0.2, -0.15) is 0 Å². The van der Waals surface area contributed by atoms with Gasteiger partial charge in [-0.3, -0.25) is 4.79 Å². The predicted octanol–water partition coefficient (Wildman–Crippen LogP) is 2.07. The summed E-state index contributed by atoms with van der Waals surface area (Å²) in [6.45, 7) is 1.96. The van der Waals surface area contributed by atoms with Gasteiger partial charge >= 0.3 is 0 Å². The van der Waals surface area contributed by atoms with Gasteiger partial charge in [0.05, 0.1) is 6.04 Å². The van der Waals surface area contributed by atoms with E-state index in [-0.39, 0.29) is 11.9 Å². The van der Waals surface area contributed by atoms with Crippen molar-refractivity contribution in [3.8, 4) is 0 Å². The minimum Gasteiger partial charge on any atom is -0.354 e. The highest BCUT2D eigenvalue weighted by Crippen LogP contribution is 2.59. The lowest BCUT2D eigenvalue weighted by Crippen LogP contribution is -2.52. The molecule has 1 atom stereocenters. The van der Waals surface area contributed by atoms with Crippen LogP contribution in [0.4, 0.5) is 0 Å². The van der Waals surface area contributed by atoms with E-state index in [1.165, 1.54) is 38.5 Å². The van der Waals surface area contributed by atoms with Crippen LogP contribution >= 0.6 is 0 Å². The van der Waals surface area contributed by atoms with Crippen LogP contribution in [-0.2, 0) is 4.79 Å². The molecule has 5 rings (SSSR count). The Balaban J connectivity index is 1.38. The molecule has 0 aromatic carbocycles. The highest BCUT2D eigenvalue weighted by atomic mass is 16.2. The molecule has 19 heavy (non-hydrogen) atoms. The maximum atomic E-state index is 12.2. The molecule has 0 aromatic heterocycles. The van der Waals surface area contributed by atoms with Crippen molar-refractivity contribution in [3.63, 3.8) is 0 Å². The van der Waals surface area contributed by atoms with Crippen LogP contribution in [0.25, 0.3) is 0 Å². The number of amides is 1. The molecule has 5 fully saturated rings. The molecule has 1 aliphatic heterocycles. The first kappa shape index (κ1) is 12.2. The zero-order valence-electron chi connectivity index (χ0n) is 11.8. The lowest BCUT2D eigenvalue weighted by molar-refractivity contribution is -0.124. The second-order valence-corrected chi connectivity index (χ2v) is 7.78. The monoisotopic (exact) mass is 262 g/mol. The Hall–Kier alpha value is -0.570. The molecule has 1 heterocycles. The Bertz CT molecular complexity index is 338. The molecule has 4 saturated carbocycles. The molecular weight excluding hydrogens is 236 g/mol. The van der Waals surface area contributed by atoms with E-state index in [2.05, 4.69) is 10.6 Å². The third kappa shape index (κ3) is 2.20. The quantitative estimate of drug-likeness (QED) is 0.817. The molecule has 4 aliphatic carbocycles. The van der Waals surface area contributed by atoms with Crippen LogP contribution < -0.4 is 10.6 Å². The van der Waals surface area contributed by atoms with Crippen LogP contribution in [0.5, 0.6) is 0 Å². The number of carbonyl (C=O) groups is 1. The van der Waals surface area contributed by atoms with E-state index in [1.54, 1.807) is 0 Å². The van der Waals surface area contributed by atoms with Crippen LogP contribution in [-0.4, -0.2) is 25.0 Å². The standard InChI is InChI=1S/C16H26N2O/c19-15(14-2-1-3-17-14)18-10-16-7-11-4-12(8-16)6-13(5-11)9-16/h11-14,17H,1-10H2,(H,18,19)/t11?,12?,13?,14-,16?/m0/s1. The average Bonchev–Trinajstić information content (AvgIpc) is 2.88. The Morgan fingerprint density at radius 1 is 1.11 bits per heavy atom. The Labute approximate surface area is 115 Å². The first-order valence-electron chi connectivity index (χ1n) is 8.24. The first-order chi connectivity index (χ1) is 9.22. The maximum absolute atomic E-state index is 12.2. The van der Waals surface area contributed by atoms with Crippen LogP contribution in [0.1, 0.15) is 51.4 Å². The summed E-state index contributed by atoms with van der Waals surface area (Å²) in [6, 6.07) is 0.0916. The Morgan fingerprint density at radius 2 is 1.74 bits per heavy atom. The van der Waals surface area contributed by atoms with Crippen molar-refractivity contribution >= 4 is 5.91 Å². The largest absolute Gasteiger partial charge is 0.354 e. The second kappa shape index (κ2) is 4.47. The Morgan fingerprint density at radius 3 is 2.26 bits per heavy atom. The first-order valence-corrected chi connectivity index (χ1v) is 8.24. The number of carbonyl (C=O) groups excluding carboxylic acids is 1.